The molecule has 1 aromatic carbocycles. The van der Waals surface area contributed by atoms with E-state index < -0.39 is 0 Å². The van der Waals surface area contributed by atoms with Crippen molar-refractivity contribution in [2.75, 3.05) is 0 Å². The molecule has 2 heterocycles. The molecule has 0 spiro atoms. The molecule has 1 aliphatic heterocycles. The van der Waals surface area contributed by atoms with E-state index in [9.17, 15) is 5.21 Å². The minimum absolute atomic E-state index is 0.528. The number of hydroxylamine groups is 2. The van der Waals surface area contributed by atoms with E-state index >= 15 is 0 Å². The molecule has 1 aromatic heterocycles. The third kappa shape index (κ3) is 2.62. The summed E-state index contributed by atoms with van der Waals surface area (Å²) in [5.41, 5.74) is 1.41. The van der Waals surface area contributed by atoms with Crippen LogP contribution < -0.4 is 0 Å². The maximum atomic E-state index is 9.52. The van der Waals surface area contributed by atoms with Crippen molar-refractivity contribution in [3.05, 3.63) is 72.7 Å². The van der Waals surface area contributed by atoms with Crippen LogP contribution in [0, 0.1) is 0 Å². The lowest BCUT2D eigenvalue weighted by Crippen LogP contribution is -2.10. The first-order valence-electron chi connectivity index (χ1n) is 6.13. The largest absolute Gasteiger partial charge is 0.284 e. The fraction of sp³-hybridized carbons (Fsp3) is 0. The first-order valence-corrected chi connectivity index (χ1v) is 6.13. The van der Waals surface area contributed by atoms with Crippen molar-refractivity contribution < 1.29 is 5.21 Å². The monoisotopic (exact) mass is 264 g/mol. The van der Waals surface area contributed by atoms with Gasteiger partial charge in [0, 0.05) is 11.6 Å². The lowest BCUT2D eigenvalue weighted by molar-refractivity contribution is -0.000515. The Kier molecular flexibility index (Phi) is 3.34. The number of azo groups is 1. The summed E-state index contributed by atoms with van der Waals surface area (Å²) in [5, 5.41) is 19.5. The highest BCUT2D eigenvalue weighted by molar-refractivity contribution is 5.79. The van der Waals surface area contributed by atoms with Gasteiger partial charge in [0.15, 0.2) is 5.82 Å². The predicted octanol–water partition coefficient (Wildman–Crippen LogP) is 3.93. The Bertz CT molecular complexity index is 746. The van der Waals surface area contributed by atoms with Crippen molar-refractivity contribution in [2.45, 2.75) is 0 Å². The molecule has 0 saturated heterocycles. The predicted molar refractivity (Wildman–Crippen MR) is 76.2 cm³/mol. The molecule has 0 atom stereocenters. The Morgan fingerprint density at radius 2 is 2.00 bits per heavy atom. The minimum Gasteiger partial charge on any atom is -0.284 e. The molecule has 3 rings (SSSR count). The average molecular weight is 264 g/mol. The van der Waals surface area contributed by atoms with E-state index in [0.717, 1.165) is 16.0 Å². The maximum Gasteiger partial charge on any atom is 0.174 e. The van der Waals surface area contributed by atoms with E-state index in [0.29, 0.717) is 11.5 Å². The normalized spacial score (nSPS) is 16.6. The van der Waals surface area contributed by atoms with Gasteiger partial charge in [-0.05, 0) is 30.4 Å². The molecule has 0 unspecified atom stereocenters. The van der Waals surface area contributed by atoms with Crippen LogP contribution in [-0.4, -0.2) is 15.3 Å². The van der Waals surface area contributed by atoms with Gasteiger partial charge in [-0.25, -0.2) is 10.0 Å². The molecule has 0 bridgehead atoms. The van der Waals surface area contributed by atoms with Gasteiger partial charge < -0.3 is 0 Å². The lowest BCUT2D eigenvalue weighted by Gasteiger charge is -2.13. The van der Waals surface area contributed by atoms with E-state index in [1.54, 1.807) is 18.2 Å². The average Bonchev–Trinajstić information content (AvgIpc) is 2.49. The van der Waals surface area contributed by atoms with Gasteiger partial charge in [-0.2, -0.15) is 5.11 Å². The highest BCUT2D eigenvalue weighted by atomic mass is 16.5. The molecular weight excluding hydrogens is 252 g/mol. The highest BCUT2D eigenvalue weighted by Gasteiger charge is 2.01. The number of benzene rings is 1. The SMILES string of the molecule is ON1C=CC=C/C1=C/N=Nc1ccc2ccccc2n1. The second-order valence-electron chi connectivity index (χ2n) is 4.18. The van der Waals surface area contributed by atoms with Gasteiger partial charge >= 0.3 is 0 Å². The van der Waals surface area contributed by atoms with Crippen LogP contribution in [0.4, 0.5) is 5.82 Å². The summed E-state index contributed by atoms with van der Waals surface area (Å²) in [4.78, 5) is 4.38. The fourth-order valence-electron chi connectivity index (χ4n) is 1.81. The van der Waals surface area contributed by atoms with Crippen LogP contribution in [0.2, 0.25) is 0 Å². The van der Waals surface area contributed by atoms with Gasteiger partial charge in [0.05, 0.1) is 17.4 Å². The molecule has 0 aliphatic carbocycles. The van der Waals surface area contributed by atoms with Crippen molar-refractivity contribution in [1.29, 1.82) is 0 Å². The van der Waals surface area contributed by atoms with Crippen LogP contribution >= 0.6 is 0 Å². The number of nitrogens with zero attached hydrogens (tertiary/aromatic N) is 4. The minimum atomic E-state index is 0.528. The molecule has 0 fully saturated rings. The Morgan fingerprint density at radius 1 is 1.10 bits per heavy atom. The first-order chi connectivity index (χ1) is 9.83. The van der Waals surface area contributed by atoms with Crippen molar-refractivity contribution in [3.63, 3.8) is 0 Å². The Hall–Kier alpha value is -2.79. The molecule has 1 aliphatic rings. The topological polar surface area (TPSA) is 61.1 Å². The Labute approximate surface area is 115 Å². The smallest absolute Gasteiger partial charge is 0.174 e. The van der Waals surface area contributed by atoms with Gasteiger partial charge in [0.1, 0.15) is 0 Å². The van der Waals surface area contributed by atoms with Gasteiger partial charge in [-0.1, -0.05) is 24.3 Å². The molecule has 5 nitrogen and oxygen atoms in total. The molecule has 0 amide bonds. The molecule has 5 heteroatoms. The number of para-hydroxylation sites is 1. The van der Waals surface area contributed by atoms with Gasteiger partial charge in [-0.15, -0.1) is 5.11 Å². The third-order valence-electron chi connectivity index (χ3n) is 2.80. The summed E-state index contributed by atoms with van der Waals surface area (Å²) in [5.74, 6) is 0.528. The fourth-order valence-corrected chi connectivity index (χ4v) is 1.81. The molecule has 0 radical (unpaired) electrons. The summed E-state index contributed by atoms with van der Waals surface area (Å²) in [6.07, 6.45) is 8.25. The first kappa shape index (κ1) is 12.3. The third-order valence-corrected chi connectivity index (χ3v) is 2.80. The van der Waals surface area contributed by atoms with E-state index in [2.05, 4.69) is 15.2 Å². The van der Waals surface area contributed by atoms with Crippen molar-refractivity contribution in [2.24, 2.45) is 10.2 Å². The number of pyridine rings is 1. The van der Waals surface area contributed by atoms with E-state index in [4.69, 9.17) is 0 Å². The van der Waals surface area contributed by atoms with Crippen LogP contribution in [-0.2, 0) is 0 Å². The highest BCUT2D eigenvalue weighted by Crippen LogP contribution is 2.17. The summed E-state index contributed by atoms with van der Waals surface area (Å²) >= 11 is 0. The second-order valence-corrected chi connectivity index (χ2v) is 4.18. The summed E-state index contributed by atoms with van der Waals surface area (Å²) in [6, 6.07) is 11.6. The second kappa shape index (κ2) is 5.46. The van der Waals surface area contributed by atoms with Gasteiger partial charge in [0.2, 0.25) is 0 Å². The van der Waals surface area contributed by atoms with Crippen LogP contribution in [0.1, 0.15) is 0 Å². The number of rotatable bonds is 2. The summed E-state index contributed by atoms with van der Waals surface area (Å²) in [7, 11) is 0. The zero-order valence-corrected chi connectivity index (χ0v) is 10.6. The standard InChI is InChI=1S/C15H12N4O/c20-19-10-4-3-6-13(19)11-16-18-15-9-8-12-5-1-2-7-14(12)17-15/h1-11,20H/b13-11-,18-16?. The maximum absolute atomic E-state index is 9.52. The quantitative estimate of drug-likeness (QED) is 0.836. The Balaban J connectivity index is 1.82. The molecule has 98 valence electrons. The number of aromatic nitrogens is 1. The van der Waals surface area contributed by atoms with Gasteiger partial charge in [-0.3, -0.25) is 5.21 Å². The van der Waals surface area contributed by atoms with Crippen molar-refractivity contribution in [3.8, 4) is 0 Å². The summed E-state index contributed by atoms with van der Waals surface area (Å²) < 4.78 is 0. The number of hydrogen-bond acceptors (Lipinski definition) is 5. The van der Waals surface area contributed by atoms with Crippen LogP contribution in [0.25, 0.3) is 10.9 Å². The molecule has 2 aromatic rings. The number of fused-ring (bicyclic) bond motifs is 1. The molecule has 1 N–H and O–H groups in total. The van der Waals surface area contributed by atoms with E-state index in [1.165, 1.54) is 12.4 Å². The van der Waals surface area contributed by atoms with Crippen molar-refractivity contribution >= 4 is 16.7 Å². The summed E-state index contributed by atoms with van der Waals surface area (Å²) in [6.45, 7) is 0. The Morgan fingerprint density at radius 3 is 2.90 bits per heavy atom. The lowest BCUT2D eigenvalue weighted by atomic mass is 10.2. The zero-order valence-electron chi connectivity index (χ0n) is 10.6. The van der Waals surface area contributed by atoms with Gasteiger partial charge in [0.25, 0.3) is 0 Å². The molecular formula is C15H12N4O. The number of hydrogen-bond donors (Lipinski definition) is 1. The molecule has 0 saturated carbocycles. The van der Waals surface area contributed by atoms with Crippen LogP contribution in [0.15, 0.2) is 83.0 Å². The molecule has 20 heavy (non-hydrogen) atoms. The van der Waals surface area contributed by atoms with E-state index in [-0.39, 0.29) is 0 Å². The zero-order chi connectivity index (χ0) is 13.8. The number of allylic oxidation sites excluding steroid dienone is 3. The van der Waals surface area contributed by atoms with Crippen LogP contribution in [0.5, 0.6) is 0 Å². The van der Waals surface area contributed by atoms with Crippen molar-refractivity contribution in [1.82, 2.24) is 10.0 Å². The van der Waals surface area contributed by atoms with Crippen LogP contribution in [0.3, 0.4) is 0 Å². The van der Waals surface area contributed by atoms with E-state index in [1.807, 2.05) is 36.4 Å².